The van der Waals surface area contributed by atoms with Crippen LogP contribution in [0.4, 0.5) is 10.1 Å². The molecule has 28 heavy (non-hydrogen) atoms. The third-order valence-electron chi connectivity index (χ3n) is 4.92. The summed E-state index contributed by atoms with van der Waals surface area (Å²) in [6.07, 6.45) is 8.82. The number of hydrogen-bond acceptors (Lipinski definition) is 5. The van der Waals surface area contributed by atoms with E-state index in [1.165, 1.54) is 19.4 Å². The highest BCUT2D eigenvalue weighted by atomic mass is 19.1. The third-order valence-corrected chi connectivity index (χ3v) is 4.92. The number of benzene rings is 1. The van der Waals surface area contributed by atoms with Crippen molar-refractivity contribution in [2.75, 3.05) is 12.8 Å². The average molecular weight is 374 g/mol. The van der Waals surface area contributed by atoms with Crippen LogP contribution in [-0.2, 0) is 0 Å². The second-order valence-electron chi connectivity index (χ2n) is 6.47. The van der Waals surface area contributed by atoms with Crippen molar-refractivity contribution in [1.29, 1.82) is 0 Å². The van der Waals surface area contributed by atoms with Crippen molar-refractivity contribution in [3.63, 3.8) is 0 Å². The maximum Gasteiger partial charge on any atom is 0.212 e. The van der Waals surface area contributed by atoms with Gasteiger partial charge in [0.05, 0.1) is 29.2 Å². The molecule has 0 atom stereocenters. The van der Waals surface area contributed by atoms with E-state index in [-0.39, 0.29) is 5.88 Å². The van der Waals surface area contributed by atoms with Crippen LogP contribution in [0.15, 0.2) is 54.9 Å². The van der Waals surface area contributed by atoms with Gasteiger partial charge in [-0.15, -0.1) is 0 Å². The fourth-order valence-corrected chi connectivity index (χ4v) is 3.44. The van der Waals surface area contributed by atoms with E-state index in [9.17, 15) is 9.50 Å². The van der Waals surface area contributed by atoms with E-state index in [2.05, 4.69) is 9.97 Å². The van der Waals surface area contributed by atoms with Crippen LogP contribution in [0, 0.1) is 5.82 Å². The lowest BCUT2D eigenvalue weighted by Crippen LogP contribution is -1.96. The number of allylic oxidation sites excluding steroid dienone is 4. The molecule has 0 saturated carbocycles. The van der Waals surface area contributed by atoms with E-state index in [1.807, 2.05) is 18.2 Å². The number of ether oxygens (including phenoxy) is 1. The van der Waals surface area contributed by atoms with Crippen molar-refractivity contribution >= 4 is 33.2 Å². The molecule has 3 N–H and O–H groups in total. The quantitative estimate of drug-likeness (QED) is 0.564. The molecule has 6 nitrogen and oxygen atoms in total. The zero-order chi connectivity index (χ0) is 19.4. The van der Waals surface area contributed by atoms with E-state index in [0.717, 1.165) is 5.70 Å². The minimum absolute atomic E-state index is 0.00879. The lowest BCUT2D eigenvalue weighted by Gasteiger charge is -2.11. The summed E-state index contributed by atoms with van der Waals surface area (Å²) in [5.74, 6) is 0.0107. The van der Waals surface area contributed by atoms with Gasteiger partial charge in [-0.25, -0.2) is 14.4 Å². The zero-order valence-electron chi connectivity index (χ0n) is 14.8. The second-order valence-corrected chi connectivity index (χ2v) is 6.47. The second kappa shape index (κ2) is 5.82. The third kappa shape index (κ3) is 2.19. The summed E-state index contributed by atoms with van der Waals surface area (Å²) in [5.41, 5.74) is 9.29. The van der Waals surface area contributed by atoms with Gasteiger partial charge < -0.3 is 15.6 Å². The first-order valence-corrected chi connectivity index (χ1v) is 8.59. The zero-order valence-corrected chi connectivity index (χ0v) is 14.8. The van der Waals surface area contributed by atoms with Gasteiger partial charge in [-0.3, -0.25) is 4.57 Å². The molecule has 0 aliphatic heterocycles. The number of aromatic nitrogens is 3. The van der Waals surface area contributed by atoms with Gasteiger partial charge in [0.1, 0.15) is 5.82 Å². The van der Waals surface area contributed by atoms with Crippen molar-refractivity contribution in [1.82, 2.24) is 14.5 Å². The van der Waals surface area contributed by atoms with Crippen molar-refractivity contribution in [2.45, 2.75) is 0 Å². The van der Waals surface area contributed by atoms with Crippen molar-refractivity contribution in [3.8, 4) is 22.9 Å². The number of pyridine rings is 2. The summed E-state index contributed by atoms with van der Waals surface area (Å²) in [6, 6.07) is 6.30. The summed E-state index contributed by atoms with van der Waals surface area (Å²) in [7, 11) is 1.52. The Labute approximate surface area is 159 Å². The monoisotopic (exact) mass is 374 g/mol. The minimum atomic E-state index is -0.431. The Morgan fingerprint density at radius 1 is 1.21 bits per heavy atom. The highest BCUT2D eigenvalue weighted by molar-refractivity contribution is 6.12. The van der Waals surface area contributed by atoms with Gasteiger partial charge in [0.15, 0.2) is 0 Å². The number of fused-ring (bicyclic) bond motifs is 2. The topological polar surface area (TPSA) is 86.2 Å². The first-order valence-electron chi connectivity index (χ1n) is 8.59. The normalized spacial score (nSPS) is 13.0. The number of anilines is 1. The van der Waals surface area contributed by atoms with Crippen LogP contribution in [-0.4, -0.2) is 26.8 Å². The van der Waals surface area contributed by atoms with Crippen molar-refractivity contribution in [3.05, 3.63) is 60.7 Å². The minimum Gasteiger partial charge on any atom is -0.494 e. The van der Waals surface area contributed by atoms with Gasteiger partial charge in [0.25, 0.3) is 0 Å². The molecule has 1 aliphatic rings. The fraction of sp³-hybridized carbons (Fsp3) is 0.0476. The average Bonchev–Trinajstić information content (AvgIpc) is 2.97. The summed E-state index contributed by atoms with van der Waals surface area (Å²) in [6.45, 7) is 0. The maximum atomic E-state index is 14.8. The van der Waals surface area contributed by atoms with E-state index < -0.39 is 5.82 Å². The molecule has 7 heteroatoms. The number of methoxy groups -OCH3 is 1. The van der Waals surface area contributed by atoms with Crippen LogP contribution >= 0.6 is 0 Å². The molecule has 0 saturated heterocycles. The molecular formula is C21H15FN4O2. The van der Waals surface area contributed by atoms with Gasteiger partial charge in [0.2, 0.25) is 11.8 Å². The Morgan fingerprint density at radius 2 is 2.04 bits per heavy atom. The number of nitrogen functional groups attached to an aromatic ring is 1. The van der Waals surface area contributed by atoms with E-state index in [1.54, 1.807) is 29.0 Å². The van der Waals surface area contributed by atoms with E-state index >= 15 is 0 Å². The Kier molecular flexibility index (Phi) is 3.39. The number of nitrogens with two attached hydrogens (primary N) is 1. The molecule has 3 heterocycles. The van der Waals surface area contributed by atoms with Gasteiger partial charge in [-0.1, -0.05) is 6.08 Å². The van der Waals surface area contributed by atoms with Gasteiger partial charge in [-0.2, -0.15) is 0 Å². The van der Waals surface area contributed by atoms with Crippen LogP contribution in [0.2, 0.25) is 0 Å². The molecule has 138 valence electrons. The highest BCUT2D eigenvalue weighted by Gasteiger charge is 2.21. The number of nitrogens with zero attached hydrogens (tertiary/aromatic N) is 3. The van der Waals surface area contributed by atoms with Crippen molar-refractivity contribution < 1.29 is 14.2 Å². The molecule has 3 aromatic heterocycles. The summed E-state index contributed by atoms with van der Waals surface area (Å²) < 4.78 is 21.5. The molecule has 0 unspecified atom stereocenters. The Morgan fingerprint density at radius 3 is 2.68 bits per heavy atom. The largest absolute Gasteiger partial charge is 0.494 e. The van der Waals surface area contributed by atoms with Crippen LogP contribution in [0.3, 0.4) is 0 Å². The van der Waals surface area contributed by atoms with Crippen LogP contribution in [0.25, 0.3) is 38.6 Å². The fourth-order valence-electron chi connectivity index (χ4n) is 3.44. The molecule has 4 aromatic rings. The maximum absolute atomic E-state index is 14.8. The predicted octanol–water partition coefficient (Wildman–Crippen LogP) is 4.10. The Bertz CT molecular complexity index is 1320. The number of aromatic hydroxyl groups is 1. The van der Waals surface area contributed by atoms with Gasteiger partial charge in [0, 0.05) is 40.7 Å². The van der Waals surface area contributed by atoms with Crippen molar-refractivity contribution in [2.24, 2.45) is 0 Å². The first-order chi connectivity index (χ1) is 13.6. The number of halogens is 1. The Balaban J connectivity index is 1.82. The molecule has 5 rings (SSSR count). The summed E-state index contributed by atoms with van der Waals surface area (Å²) in [4.78, 5) is 8.79. The van der Waals surface area contributed by atoms with Gasteiger partial charge >= 0.3 is 0 Å². The predicted molar refractivity (Wildman–Crippen MR) is 106 cm³/mol. The molecule has 1 aliphatic carbocycles. The molecule has 0 amide bonds. The van der Waals surface area contributed by atoms with E-state index in [0.29, 0.717) is 44.5 Å². The standard InChI is InChI=1S/C21H15FN4O2/c1-28-16-8-5-11(9-24-16)17-14(22)7-6-13-19(23)18-15(25-20(13)17)10-26(21(18)27)12-3-2-4-12/h2-10,27H,23H2,1H3. The molecule has 0 spiro atoms. The number of hydrogen-bond donors (Lipinski definition) is 2. The van der Waals surface area contributed by atoms with Gasteiger partial charge in [-0.05, 0) is 30.4 Å². The first kappa shape index (κ1) is 16.3. The smallest absolute Gasteiger partial charge is 0.212 e. The lowest BCUT2D eigenvalue weighted by atomic mass is 10.0. The SMILES string of the molecule is COc1ccc(-c2c(F)ccc3c(N)c4c(O)n(C5=CC=C5)cc4nc23)cn1. The molecule has 0 fully saturated rings. The molecular weight excluding hydrogens is 359 g/mol. The molecule has 0 bridgehead atoms. The van der Waals surface area contributed by atoms with E-state index in [4.69, 9.17) is 10.5 Å². The number of rotatable bonds is 3. The molecule has 1 aromatic carbocycles. The van der Waals surface area contributed by atoms with Crippen LogP contribution in [0.1, 0.15) is 0 Å². The van der Waals surface area contributed by atoms with Crippen LogP contribution < -0.4 is 10.5 Å². The summed E-state index contributed by atoms with van der Waals surface area (Å²) >= 11 is 0. The van der Waals surface area contributed by atoms with Crippen LogP contribution in [0.5, 0.6) is 11.8 Å². The Hall–Kier alpha value is -3.87. The highest BCUT2D eigenvalue weighted by Crippen LogP contribution is 2.41. The molecule has 0 radical (unpaired) electrons. The summed E-state index contributed by atoms with van der Waals surface area (Å²) in [5, 5.41) is 11.6. The lowest BCUT2D eigenvalue weighted by molar-refractivity contribution is 0.398.